The van der Waals surface area contributed by atoms with E-state index in [1.165, 1.54) is 19.3 Å². The normalized spacial score (nSPS) is 20.7. The first-order valence-electron chi connectivity index (χ1n) is 6.03. The molecule has 0 aromatic heterocycles. The molecule has 0 radical (unpaired) electrons. The first-order valence-corrected chi connectivity index (χ1v) is 6.03. The molecule has 0 bridgehead atoms. The first kappa shape index (κ1) is 12.5. The second kappa shape index (κ2) is 5.50. The monoisotopic (exact) mass is 213 g/mol. The van der Waals surface area contributed by atoms with Crippen LogP contribution in [0, 0.1) is 5.41 Å². The van der Waals surface area contributed by atoms with Gasteiger partial charge in [0.2, 0.25) is 0 Å². The van der Waals surface area contributed by atoms with E-state index in [9.17, 15) is 4.79 Å². The van der Waals surface area contributed by atoms with Gasteiger partial charge in [0.1, 0.15) is 6.04 Å². The Bertz CT molecular complexity index is 212. The van der Waals surface area contributed by atoms with Crippen LogP contribution < -0.4 is 5.32 Å². The molecule has 0 heterocycles. The van der Waals surface area contributed by atoms with Gasteiger partial charge in [0.25, 0.3) is 0 Å². The molecule has 1 atom stereocenters. The molecule has 0 saturated heterocycles. The third kappa shape index (κ3) is 3.82. The smallest absolute Gasteiger partial charge is 0.320 e. The van der Waals surface area contributed by atoms with Crippen molar-refractivity contribution in [2.75, 3.05) is 6.54 Å². The van der Waals surface area contributed by atoms with Gasteiger partial charge >= 0.3 is 5.97 Å². The lowest BCUT2D eigenvalue weighted by Gasteiger charge is -2.39. The second-order valence-corrected chi connectivity index (χ2v) is 5.08. The Labute approximate surface area is 92.3 Å². The van der Waals surface area contributed by atoms with Crippen molar-refractivity contribution in [3.05, 3.63) is 0 Å². The number of carboxylic acid groups (broad SMARTS) is 1. The lowest BCUT2D eigenvalue weighted by atomic mass is 9.70. The molecule has 88 valence electrons. The standard InChI is InChI=1S/C12H23NO2/c1-3-4-6-10(11(14)15)13-9-12(2)7-5-8-12/h10,13H,3-9H2,1-2H3,(H,14,15). The van der Waals surface area contributed by atoms with Crippen molar-refractivity contribution in [2.24, 2.45) is 5.41 Å². The van der Waals surface area contributed by atoms with E-state index in [2.05, 4.69) is 19.2 Å². The maximum absolute atomic E-state index is 11.0. The summed E-state index contributed by atoms with van der Waals surface area (Å²) in [6.45, 7) is 5.18. The van der Waals surface area contributed by atoms with Gasteiger partial charge in [0.15, 0.2) is 0 Å². The van der Waals surface area contributed by atoms with E-state index in [0.717, 1.165) is 25.8 Å². The maximum atomic E-state index is 11.0. The van der Waals surface area contributed by atoms with E-state index in [0.29, 0.717) is 5.41 Å². The quantitative estimate of drug-likeness (QED) is 0.682. The molecule has 0 aromatic carbocycles. The minimum Gasteiger partial charge on any atom is -0.480 e. The van der Waals surface area contributed by atoms with Crippen molar-refractivity contribution in [1.29, 1.82) is 0 Å². The SMILES string of the molecule is CCCCC(NCC1(C)CCC1)C(=O)O. The highest BCUT2D eigenvalue weighted by Crippen LogP contribution is 2.39. The summed E-state index contributed by atoms with van der Waals surface area (Å²) in [5, 5.41) is 12.2. The molecule has 0 aliphatic heterocycles. The van der Waals surface area contributed by atoms with Gasteiger partial charge < -0.3 is 10.4 Å². The van der Waals surface area contributed by atoms with E-state index in [4.69, 9.17) is 5.11 Å². The summed E-state index contributed by atoms with van der Waals surface area (Å²) >= 11 is 0. The number of unbranched alkanes of at least 4 members (excludes halogenated alkanes) is 1. The Morgan fingerprint density at radius 1 is 1.53 bits per heavy atom. The van der Waals surface area contributed by atoms with Crippen molar-refractivity contribution < 1.29 is 9.90 Å². The molecular formula is C12H23NO2. The van der Waals surface area contributed by atoms with Crippen molar-refractivity contribution in [1.82, 2.24) is 5.32 Å². The van der Waals surface area contributed by atoms with Gasteiger partial charge in [-0.3, -0.25) is 4.79 Å². The Hall–Kier alpha value is -0.570. The van der Waals surface area contributed by atoms with Crippen LogP contribution in [-0.2, 0) is 4.79 Å². The van der Waals surface area contributed by atoms with E-state index < -0.39 is 5.97 Å². The van der Waals surface area contributed by atoms with Crippen LogP contribution >= 0.6 is 0 Å². The Balaban J connectivity index is 2.27. The second-order valence-electron chi connectivity index (χ2n) is 5.08. The molecule has 1 saturated carbocycles. The fourth-order valence-corrected chi connectivity index (χ4v) is 2.05. The number of aliphatic carboxylic acids is 1. The zero-order valence-electron chi connectivity index (χ0n) is 9.88. The molecule has 1 unspecified atom stereocenters. The van der Waals surface area contributed by atoms with Gasteiger partial charge in [-0.25, -0.2) is 0 Å². The largest absolute Gasteiger partial charge is 0.480 e. The highest BCUT2D eigenvalue weighted by Gasteiger charge is 2.32. The molecule has 15 heavy (non-hydrogen) atoms. The molecule has 0 amide bonds. The van der Waals surface area contributed by atoms with E-state index >= 15 is 0 Å². The lowest BCUT2D eigenvalue weighted by Crippen LogP contribution is -2.45. The van der Waals surface area contributed by atoms with Crippen LogP contribution in [0.25, 0.3) is 0 Å². The van der Waals surface area contributed by atoms with E-state index in [1.54, 1.807) is 0 Å². The summed E-state index contributed by atoms with van der Waals surface area (Å²) < 4.78 is 0. The van der Waals surface area contributed by atoms with Crippen LogP contribution in [0.2, 0.25) is 0 Å². The molecule has 2 N–H and O–H groups in total. The summed E-state index contributed by atoms with van der Waals surface area (Å²) in [5.74, 6) is -0.702. The lowest BCUT2D eigenvalue weighted by molar-refractivity contribution is -0.139. The fourth-order valence-electron chi connectivity index (χ4n) is 2.05. The van der Waals surface area contributed by atoms with Crippen LogP contribution in [0.4, 0.5) is 0 Å². The number of carbonyl (C=O) groups is 1. The summed E-state index contributed by atoms with van der Waals surface area (Å²) in [5.41, 5.74) is 0.361. The van der Waals surface area contributed by atoms with E-state index in [1.807, 2.05) is 0 Å². The third-order valence-corrected chi connectivity index (χ3v) is 3.48. The summed E-state index contributed by atoms with van der Waals surface area (Å²) in [4.78, 5) is 11.0. The molecule has 1 fully saturated rings. The van der Waals surface area contributed by atoms with Crippen molar-refractivity contribution in [3.8, 4) is 0 Å². The predicted molar refractivity (Wildman–Crippen MR) is 60.9 cm³/mol. The Kier molecular flexibility index (Phi) is 4.58. The molecule has 1 rings (SSSR count). The number of hydrogen-bond acceptors (Lipinski definition) is 2. The van der Waals surface area contributed by atoms with Gasteiger partial charge in [-0.1, -0.05) is 33.1 Å². The van der Waals surface area contributed by atoms with Crippen LogP contribution in [-0.4, -0.2) is 23.7 Å². The number of rotatable bonds is 7. The molecule has 1 aliphatic carbocycles. The van der Waals surface area contributed by atoms with Crippen LogP contribution in [0.15, 0.2) is 0 Å². The van der Waals surface area contributed by atoms with Gasteiger partial charge in [-0.05, 0) is 24.7 Å². The minimum absolute atomic E-state index is 0.345. The molecule has 0 spiro atoms. The molecule has 3 heteroatoms. The average Bonchev–Trinajstić information content (AvgIpc) is 2.14. The average molecular weight is 213 g/mol. The molecular weight excluding hydrogens is 190 g/mol. The van der Waals surface area contributed by atoms with Gasteiger partial charge in [0, 0.05) is 6.54 Å². The third-order valence-electron chi connectivity index (χ3n) is 3.48. The molecule has 0 aromatic rings. The summed E-state index contributed by atoms with van der Waals surface area (Å²) in [7, 11) is 0. The Morgan fingerprint density at radius 2 is 2.20 bits per heavy atom. The highest BCUT2D eigenvalue weighted by atomic mass is 16.4. The van der Waals surface area contributed by atoms with Crippen molar-refractivity contribution in [2.45, 2.75) is 58.4 Å². The Morgan fingerprint density at radius 3 is 2.60 bits per heavy atom. The number of carboxylic acids is 1. The number of hydrogen-bond donors (Lipinski definition) is 2. The zero-order chi connectivity index (χ0) is 11.3. The summed E-state index contributed by atoms with van der Waals surface area (Å²) in [6.07, 6.45) is 6.57. The fraction of sp³-hybridized carbons (Fsp3) is 0.917. The first-order chi connectivity index (χ1) is 7.07. The predicted octanol–water partition coefficient (Wildman–Crippen LogP) is 2.41. The zero-order valence-corrected chi connectivity index (χ0v) is 9.88. The molecule has 3 nitrogen and oxygen atoms in total. The highest BCUT2D eigenvalue weighted by molar-refractivity contribution is 5.73. The minimum atomic E-state index is -0.702. The van der Waals surface area contributed by atoms with Crippen LogP contribution in [0.5, 0.6) is 0 Å². The van der Waals surface area contributed by atoms with Gasteiger partial charge in [0.05, 0.1) is 0 Å². The van der Waals surface area contributed by atoms with E-state index in [-0.39, 0.29) is 6.04 Å². The van der Waals surface area contributed by atoms with Gasteiger partial charge in [-0.15, -0.1) is 0 Å². The van der Waals surface area contributed by atoms with Crippen LogP contribution in [0.1, 0.15) is 52.4 Å². The molecule has 1 aliphatic rings. The van der Waals surface area contributed by atoms with Gasteiger partial charge in [-0.2, -0.15) is 0 Å². The number of nitrogens with one attached hydrogen (secondary N) is 1. The topological polar surface area (TPSA) is 49.3 Å². The summed E-state index contributed by atoms with van der Waals surface area (Å²) in [6, 6.07) is -0.345. The van der Waals surface area contributed by atoms with Crippen molar-refractivity contribution in [3.63, 3.8) is 0 Å². The maximum Gasteiger partial charge on any atom is 0.320 e. The van der Waals surface area contributed by atoms with Crippen molar-refractivity contribution >= 4 is 5.97 Å². The van der Waals surface area contributed by atoms with Crippen LogP contribution in [0.3, 0.4) is 0 Å².